The molecular weight excluding hydrogens is 226 g/mol. The van der Waals surface area contributed by atoms with Gasteiger partial charge in [-0.3, -0.25) is 0 Å². The zero-order valence-corrected chi connectivity index (χ0v) is 11.5. The van der Waals surface area contributed by atoms with E-state index in [2.05, 4.69) is 12.2 Å². The molecule has 1 aromatic rings. The fourth-order valence-corrected chi connectivity index (χ4v) is 1.82. The number of rotatable bonds is 10. The third-order valence-corrected chi connectivity index (χ3v) is 2.98. The summed E-state index contributed by atoms with van der Waals surface area (Å²) in [5.74, 6) is 0.905. The molecule has 1 unspecified atom stereocenters. The van der Waals surface area contributed by atoms with E-state index in [4.69, 9.17) is 9.47 Å². The van der Waals surface area contributed by atoms with Crippen LogP contribution in [0.5, 0.6) is 5.75 Å². The average molecular weight is 251 g/mol. The zero-order valence-electron chi connectivity index (χ0n) is 11.5. The summed E-state index contributed by atoms with van der Waals surface area (Å²) in [6, 6.07) is 10.5. The van der Waals surface area contributed by atoms with Crippen LogP contribution in [0.4, 0.5) is 0 Å². The summed E-state index contributed by atoms with van der Waals surface area (Å²) in [5.41, 5.74) is 0. The highest BCUT2D eigenvalue weighted by Crippen LogP contribution is 2.07. The van der Waals surface area contributed by atoms with Crippen LogP contribution in [-0.2, 0) is 4.74 Å². The largest absolute Gasteiger partial charge is 0.491 e. The van der Waals surface area contributed by atoms with Crippen LogP contribution in [0.2, 0.25) is 0 Å². The van der Waals surface area contributed by atoms with Crippen molar-refractivity contribution in [3.05, 3.63) is 30.3 Å². The molecule has 102 valence electrons. The smallest absolute Gasteiger partial charge is 0.119 e. The Hall–Kier alpha value is -1.06. The predicted molar refractivity (Wildman–Crippen MR) is 75.1 cm³/mol. The van der Waals surface area contributed by atoms with Crippen molar-refractivity contribution in [1.82, 2.24) is 5.32 Å². The normalized spacial score (nSPS) is 12.3. The Labute approximate surface area is 110 Å². The highest BCUT2D eigenvalue weighted by Gasteiger charge is 2.01. The van der Waals surface area contributed by atoms with Gasteiger partial charge in [0.1, 0.15) is 12.4 Å². The average Bonchev–Trinajstić information content (AvgIpc) is 2.43. The molecule has 1 aromatic carbocycles. The topological polar surface area (TPSA) is 30.5 Å². The molecule has 0 spiro atoms. The maximum Gasteiger partial charge on any atom is 0.119 e. The van der Waals surface area contributed by atoms with Gasteiger partial charge >= 0.3 is 0 Å². The van der Waals surface area contributed by atoms with Gasteiger partial charge in [-0.15, -0.1) is 0 Å². The maximum absolute atomic E-state index is 5.54. The van der Waals surface area contributed by atoms with Gasteiger partial charge in [-0.05, 0) is 38.4 Å². The first-order chi connectivity index (χ1) is 8.86. The Kier molecular flexibility index (Phi) is 8.26. The van der Waals surface area contributed by atoms with Crippen LogP contribution >= 0.6 is 0 Å². The molecule has 0 amide bonds. The summed E-state index contributed by atoms with van der Waals surface area (Å²) in [5, 5.41) is 3.30. The van der Waals surface area contributed by atoms with E-state index in [1.807, 2.05) is 37.4 Å². The van der Waals surface area contributed by atoms with Gasteiger partial charge in [0.2, 0.25) is 0 Å². The second kappa shape index (κ2) is 9.92. The Bertz CT molecular complexity index is 286. The van der Waals surface area contributed by atoms with E-state index in [1.165, 1.54) is 12.8 Å². The van der Waals surface area contributed by atoms with Crippen molar-refractivity contribution in [3.63, 3.8) is 0 Å². The lowest BCUT2D eigenvalue weighted by atomic mass is 10.1. The molecule has 1 atom stereocenters. The van der Waals surface area contributed by atoms with Crippen LogP contribution in [-0.4, -0.2) is 32.9 Å². The van der Waals surface area contributed by atoms with E-state index in [9.17, 15) is 0 Å². The van der Waals surface area contributed by atoms with Crippen molar-refractivity contribution in [2.75, 3.05) is 26.9 Å². The molecule has 0 heterocycles. The molecule has 0 aliphatic carbocycles. The monoisotopic (exact) mass is 251 g/mol. The van der Waals surface area contributed by atoms with Crippen LogP contribution in [0, 0.1) is 0 Å². The SMILES string of the molecule is CCC(CCCOCCOc1ccccc1)NC. The Morgan fingerprint density at radius 2 is 1.89 bits per heavy atom. The third-order valence-electron chi connectivity index (χ3n) is 2.98. The summed E-state index contributed by atoms with van der Waals surface area (Å²) < 4.78 is 11.1. The summed E-state index contributed by atoms with van der Waals surface area (Å²) >= 11 is 0. The Morgan fingerprint density at radius 3 is 2.56 bits per heavy atom. The van der Waals surface area contributed by atoms with Crippen molar-refractivity contribution in [3.8, 4) is 5.75 Å². The van der Waals surface area contributed by atoms with Crippen molar-refractivity contribution in [2.24, 2.45) is 0 Å². The van der Waals surface area contributed by atoms with E-state index in [0.717, 1.165) is 18.8 Å². The van der Waals surface area contributed by atoms with Gasteiger partial charge < -0.3 is 14.8 Å². The zero-order chi connectivity index (χ0) is 13.1. The molecule has 3 heteroatoms. The van der Waals surface area contributed by atoms with Crippen molar-refractivity contribution < 1.29 is 9.47 Å². The number of para-hydroxylation sites is 1. The molecule has 0 aromatic heterocycles. The van der Waals surface area contributed by atoms with E-state index in [0.29, 0.717) is 19.3 Å². The quantitative estimate of drug-likeness (QED) is 0.649. The molecule has 0 fully saturated rings. The molecule has 3 nitrogen and oxygen atoms in total. The Morgan fingerprint density at radius 1 is 1.11 bits per heavy atom. The highest BCUT2D eigenvalue weighted by atomic mass is 16.5. The highest BCUT2D eigenvalue weighted by molar-refractivity contribution is 5.20. The van der Waals surface area contributed by atoms with Gasteiger partial charge in [-0.1, -0.05) is 25.1 Å². The molecule has 0 saturated heterocycles. The molecule has 0 saturated carbocycles. The van der Waals surface area contributed by atoms with Crippen molar-refractivity contribution >= 4 is 0 Å². The lowest BCUT2D eigenvalue weighted by Crippen LogP contribution is -2.24. The molecule has 1 rings (SSSR count). The first-order valence-electron chi connectivity index (χ1n) is 6.79. The van der Waals surface area contributed by atoms with Gasteiger partial charge in [0, 0.05) is 12.6 Å². The summed E-state index contributed by atoms with van der Waals surface area (Å²) in [7, 11) is 2.02. The summed E-state index contributed by atoms with van der Waals surface area (Å²) in [6.45, 7) is 4.30. The fourth-order valence-electron chi connectivity index (χ4n) is 1.82. The minimum atomic E-state index is 0.618. The van der Waals surface area contributed by atoms with E-state index in [1.54, 1.807) is 0 Å². The van der Waals surface area contributed by atoms with Crippen LogP contribution in [0.1, 0.15) is 26.2 Å². The van der Waals surface area contributed by atoms with Crippen LogP contribution in [0.3, 0.4) is 0 Å². The second-order valence-electron chi connectivity index (χ2n) is 4.31. The lowest BCUT2D eigenvalue weighted by molar-refractivity contribution is 0.0959. The number of hydrogen-bond donors (Lipinski definition) is 1. The van der Waals surface area contributed by atoms with Gasteiger partial charge in [-0.25, -0.2) is 0 Å². The second-order valence-corrected chi connectivity index (χ2v) is 4.31. The molecule has 0 aliphatic rings. The number of ether oxygens (including phenoxy) is 2. The van der Waals surface area contributed by atoms with Gasteiger partial charge in [0.05, 0.1) is 6.61 Å². The van der Waals surface area contributed by atoms with Crippen LogP contribution in [0.25, 0.3) is 0 Å². The lowest BCUT2D eigenvalue weighted by Gasteiger charge is -2.13. The molecule has 0 aliphatic heterocycles. The van der Waals surface area contributed by atoms with Gasteiger partial charge in [-0.2, -0.15) is 0 Å². The first kappa shape index (κ1) is 15.0. The molecule has 1 N–H and O–H groups in total. The standard InChI is InChI=1S/C15H25NO2/c1-3-14(16-2)8-7-11-17-12-13-18-15-9-5-4-6-10-15/h4-6,9-10,14,16H,3,7-8,11-13H2,1-2H3. The summed E-state index contributed by atoms with van der Waals surface area (Å²) in [4.78, 5) is 0. The first-order valence-corrected chi connectivity index (χ1v) is 6.79. The maximum atomic E-state index is 5.54. The Balaban J connectivity index is 1.93. The minimum Gasteiger partial charge on any atom is -0.491 e. The fraction of sp³-hybridized carbons (Fsp3) is 0.600. The molecule has 0 radical (unpaired) electrons. The van der Waals surface area contributed by atoms with Gasteiger partial charge in [0.25, 0.3) is 0 Å². The summed E-state index contributed by atoms with van der Waals surface area (Å²) in [6.07, 6.45) is 3.45. The molecular formula is C15H25NO2. The van der Waals surface area contributed by atoms with Crippen LogP contribution < -0.4 is 10.1 Å². The number of nitrogens with one attached hydrogen (secondary N) is 1. The van der Waals surface area contributed by atoms with Crippen molar-refractivity contribution in [2.45, 2.75) is 32.2 Å². The minimum absolute atomic E-state index is 0.618. The van der Waals surface area contributed by atoms with E-state index >= 15 is 0 Å². The third kappa shape index (κ3) is 6.62. The van der Waals surface area contributed by atoms with Gasteiger partial charge in [0.15, 0.2) is 0 Å². The van der Waals surface area contributed by atoms with Crippen molar-refractivity contribution in [1.29, 1.82) is 0 Å². The van der Waals surface area contributed by atoms with E-state index in [-0.39, 0.29) is 0 Å². The number of hydrogen-bond acceptors (Lipinski definition) is 3. The van der Waals surface area contributed by atoms with E-state index < -0.39 is 0 Å². The number of benzene rings is 1. The van der Waals surface area contributed by atoms with Crippen LogP contribution in [0.15, 0.2) is 30.3 Å². The molecule has 18 heavy (non-hydrogen) atoms. The molecule has 0 bridgehead atoms. The predicted octanol–water partition coefficient (Wildman–Crippen LogP) is 2.86.